The number of aliphatic hydroxyl groups is 1. The summed E-state index contributed by atoms with van der Waals surface area (Å²) in [5, 5.41) is 10.3. The van der Waals surface area contributed by atoms with Crippen LogP contribution in [0.5, 0.6) is 0 Å². The van der Waals surface area contributed by atoms with Gasteiger partial charge in [-0.05, 0) is 38.3 Å². The molecule has 32 heavy (non-hydrogen) atoms. The lowest BCUT2D eigenvalue weighted by molar-refractivity contribution is -0.147. The second kappa shape index (κ2) is 12.3. The van der Waals surface area contributed by atoms with E-state index in [0.29, 0.717) is 39.2 Å². The fourth-order valence-corrected chi connectivity index (χ4v) is 4.57. The first kappa shape index (κ1) is 24.7. The van der Waals surface area contributed by atoms with Crippen molar-refractivity contribution >= 4 is 11.9 Å². The lowest BCUT2D eigenvalue weighted by atomic mass is 10.1. The molecule has 0 aromatic heterocycles. The van der Waals surface area contributed by atoms with Crippen molar-refractivity contribution in [3.05, 3.63) is 35.4 Å². The van der Waals surface area contributed by atoms with E-state index in [1.165, 1.54) is 0 Å². The number of hydrogen-bond donors (Lipinski definition) is 1. The van der Waals surface area contributed by atoms with Crippen LogP contribution >= 0.6 is 0 Å². The van der Waals surface area contributed by atoms with Crippen LogP contribution in [0.15, 0.2) is 24.3 Å². The fourth-order valence-electron chi connectivity index (χ4n) is 4.57. The third-order valence-corrected chi connectivity index (χ3v) is 6.31. The summed E-state index contributed by atoms with van der Waals surface area (Å²) >= 11 is 0. The van der Waals surface area contributed by atoms with E-state index in [9.17, 15) is 14.7 Å². The van der Waals surface area contributed by atoms with Gasteiger partial charge < -0.3 is 19.5 Å². The van der Waals surface area contributed by atoms with Crippen LogP contribution in [0.3, 0.4) is 0 Å². The number of hydrogen-bond acceptors (Lipinski definition) is 6. The summed E-state index contributed by atoms with van der Waals surface area (Å²) in [5.41, 5.74) is 1.86. The normalized spacial score (nSPS) is 20.8. The number of amides is 1. The Hall–Kier alpha value is -1.96. The average molecular weight is 447 g/mol. The van der Waals surface area contributed by atoms with E-state index in [0.717, 1.165) is 43.2 Å². The van der Waals surface area contributed by atoms with E-state index in [2.05, 4.69) is 4.90 Å². The van der Waals surface area contributed by atoms with Crippen molar-refractivity contribution in [2.75, 3.05) is 39.4 Å². The van der Waals surface area contributed by atoms with Gasteiger partial charge in [0.1, 0.15) is 12.7 Å². The first-order valence-corrected chi connectivity index (χ1v) is 12.0. The summed E-state index contributed by atoms with van der Waals surface area (Å²) in [7, 11) is 0. The summed E-state index contributed by atoms with van der Waals surface area (Å²) < 4.78 is 11.1. The number of aryl methyl sites for hydroxylation is 1. The van der Waals surface area contributed by atoms with Crippen molar-refractivity contribution in [2.45, 2.75) is 70.6 Å². The van der Waals surface area contributed by atoms with Crippen molar-refractivity contribution in [3.8, 4) is 0 Å². The molecule has 7 heteroatoms. The Bertz CT molecular complexity index is 732. The number of aliphatic hydroxyl groups excluding tert-OH is 1. The van der Waals surface area contributed by atoms with Gasteiger partial charge in [-0.15, -0.1) is 0 Å². The Morgan fingerprint density at radius 1 is 1.25 bits per heavy atom. The quantitative estimate of drug-likeness (QED) is 0.557. The molecule has 2 aliphatic rings. The minimum atomic E-state index is -0.727. The molecule has 3 rings (SSSR count). The van der Waals surface area contributed by atoms with Gasteiger partial charge in [-0.25, -0.2) is 0 Å². The van der Waals surface area contributed by atoms with Crippen LogP contribution in [0.1, 0.15) is 61.4 Å². The number of carbonyl (C=O) groups excluding carboxylic acids is 2. The van der Waals surface area contributed by atoms with Gasteiger partial charge in [0.15, 0.2) is 0 Å². The maximum Gasteiger partial charge on any atom is 0.305 e. The minimum absolute atomic E-state index is 0.0148. The highest BCUT2D eigenvalue weighted by molar-refractivity contribution is 5.94. The lowest BCUT2D eigenvalue weighted by Crippen LogP contribution is -2.52. The Morgan fingerprint density at radius 2 is 1.97 bits per heavy atom. The van der Waals surface area contributed by atoms with Gasteiger partial charge in [0.2, 0.25) is 0 Å². The molecule has 0 radical (unpaired) electrons. The highest BCUT2D eigenvalue weighted by atomic mass is 16.5. The van der Waals surface area contributed by atoms with Gasteiger partial charge in [0, 0.05) is 44.2 Å². The van der Waals surface area contributed by atoms with Crippen LogP contribution in [-0.4, -0.2) is 84.4 Å². The van der Waals surface area contributed by atoms with Gasteiger partial charge in [0.05, 0.1) is 12.7 Å². The van der Waals surface area contributed by atoms with Gasteiger partial charge in [-0.3, -0.25) is 14.5 Å². The first-order chi connectivity index (χ1) is 15.5. The molecule has 1 aliphatic heterocycles. The molecule has 7 nitrogen and oxygen atoms in total. The highest BCUT2D eigenvalue weighted by Crippen LogP contribution is 2.26. The van der Waals surface area contributed by atoms with Crippen LogP contribution < -0.4 is 0 Å². The standard InChI is InChI=1S/C25H38N2O5/c1-3-6-24(29)32-18-22(28)15-26-13-14-31-23(16-26)17-27(21-7-4-5-8-21)25(30)20-11-9-19(2)10-12-20/h9-12,21-23,28H,3-8,13-18H2,1-2H3. The zero-order valence-electron chi connectivity index (χ0n) is 19.5. The number of nitrogens with zero attached hydrogens (tertiary/aromatic N) is 2. The van der Waals surface area contributed by atoms with Gasteiger partial charge in [-0.1, -0.05) is 37.5 Å². The van der Waals surface area contributed by atoms with E-state index in [-0.39, 0.29) is 30.6 Å². The molecular weight excluding hydrogens is 408 g/mol. The van der Waals surface area contributed by atoms with Crippen molar-refractivity contribution in [1.82, 2.24) is 9.80 Å². The Kier molecular flexibility index (Phi) is 9.51. The summed E-state index contributed by atoms with van der Waals surface area (Å²) in [6.07, 6.45) is 4.66. The molecule has 1 heterocycles. The van der Waals surface area contributed by atoms with Gasteiger partial charge >= 0.3 is 5.97 Å². The van der Waals surface area contributed by atoms with E-state index >= 15 is 0 Å². The fraction of sp³-hybridized carbons (Fsp3) is 0.680. The monoisotopic (exact) mass is 446 g/mol. The summed E-state index contributed by atoms with van der Waals surface area (Å²) in [6, 6.07) is 8.03. The molecule has 1 aromatic carbocycles. The van der Waals surface area contributed by atoms with Crippen LogP contribution in [0.2, 0.25) is 0 Å². The van der Waals surface area contributed by atoms with E-state index in [1.807, 2.05) is 43.0 Å². The van der Waals surface area contributed by atoms with E-state index < -0.39 is 6.10 Å². The van der Waals surface area contributed by atoms with Crippen LogP contribution in [-0.2, 0) is 14.3 Å². The maximum absolute atomic E-state index is 13.3. The molecule has 1 N–H and O–H groups in total. The van der Waals surface area contributed by atoms with Crippen molar-refractivity contribution in [3.63, 3.8) is 0 Å². The molecule has 1 saturated carbocycles. The van der Waals surface area contributed by atoms with Crippen LogP contribution in [0, 0.1) is 6.92 Å². The number of esters is 1. The smallest absolute Gasteiger partial charge is 0.305 e. The summed E-state index contributed by atoms with van der Waals surface area (Å²) in [6.45, 7) is 6.85. The SMILES string of the molecule is CCCC(=O)OCC(O)CN1CCOC(CN(C(=O)c2ccc(C)cc2)C2CCCC2)C1. The van der Waals surface area contributed by atoms with Crippen LogP contribution in [0.4, 0.5) is 0 Å². The molecule has 2 unspecified atom stereocenters. The van der Waals surface area contributed by atoms with Gasteiger partial charge in [-0.2, -0.15) is 0 Å². The minimum Gasteiger partial charge on any atom is -0.463 e. The Labute approximate surface area is 191 Å². The third kappa shape index (κ3) is 7.29. The Morgan fingerprint density at radius 3 is 2.66 bits per heavy atom. The number of benzene rings is 1. The Balaban J connectivity index is 1.56. The van der Waals surface area contributed by atoms with E-state index in [4.69, 9.17) is 9.47 Å². The maximum atomic E-state index is 13.3. The summed E-state index contributed by atoms with van der Waals surface area (Å²) in [5.74, 6) is -0.200. The van der Waals surface area contributed by atoms with Crippen molar-refractivity contribution in [1.29, 1.82) is 0 Å². The number of morpholine rings is 1. The average Bonchev–Trinajstić information content (AvgIpc) is 3.31. The molecule has 1 amide bonds. The third-order valence-electron chi connectivity index (χ3n) is 6.31. The van der Waals surface area contributed by atoms with Crippen molar-refractivity contribution in [2.24, 2.45) is 0 Å². The first-order valence-electron chi connectivity index (χ1n) is 12.0. The second-order valence-electron chi connectivity index (χ2n) is 9.10. The number of ether oxygens (including phenoxy) is 2. The molecule has 0 bridgehead atoms. The van der Waals surface area contributed by atoms with Gasteiger partial charge in [0.25, 0.3) is 5.91 Å². The number of β-amino-alcohol motifs (C(OH)–C–C–N with tert-alkyl or cyclic N) is 1. The van der Waals surface area contributed by atoms with Crippen LogP contribution in [0.25, 0.3) is 0 Å². The molecular formula is C25H38N2O5. The largest absolute Gasteiger partial charge is 0.463 e. The molecule has 2 atom stereocenters. The van der Waals surface area contributed by atoms with E-state index in [1.54, 1.807) is 0 Å². The predicted molar refractivity (Wildman–Crippen MR) is 123 cm³/mol. The summed E-state index contributed by atoms with van der Waals surface area (Å²) in [4.78, 5) is 29.0. The molecule has 178 valence electrons. The zero-order valence-corrected chi connectivity index (χ0v) is 19.5. The number of carbonyl (C=O) groups is 2. The molecule has 1 aliphatic carbocycles. The predicted octanol–water partition coefficient (Wildman–Crippen LogP) is 2.78. The molecule has 1 saturated heterocycles. The molecule has 0 spiro atoms. The highest BCUT2D eigenvalue weighted by Gasteiger charge is 2.32. The van der Waals surface area contributed by atoms with Crippen molar-refractivity contribution < 1.29 is 24.2 Å². The molecule has 2 fully saturated rings. The zero-order chi connectivity index (χ0) is 22.9. The number of rotatable bonds is 10. The second-order valence-corrected chi connectivity index (χ2v) is 9.10. The lowest BCUT2D eigenvalue weighted by Gasteiger charge is -2.38. The topological polar surface area (TPSA) is 79.3 Å². The molecule has 1 aromatic rings.